The van der Waals surface area contributed by atoms with Gasteiger partial charge in [-0.05, 0) is 43.3 Å². The number of fused-ring (bicyclic) bond motifs is 1. The molecule has 0 fully saturated rings. The Morgan fingerprint density at radius 3 is 2.58 bits per heavy atom. The fourth-order valence-electron chi connectivity index (χ4n) is 2.63. The Morgan fingerprint density at radius 2 is 1.81 bits per heavy atom. The summed E-state index contributed by atoms with van der Waals surface area (Å²) in [6, 6.07) is 12.3. The molecular weight excluding hydrogens is 401 g/mol. The van der Waals surface area contributed by atoms with Gasteiger partial charge in [0.25, 0.3) is 0 Å². The van der Waals surface area contributed by atoms with Crippen molar-refractivity contribution in [2.75, 3.05) is 11.1 Å². The maximum Gasteiger partial charge on any atom is 0.242 e. The van der Waals surface area contributed by atoms with E-state index in [9.17, 15) is 4.39 Å². The van der Waals surface area contributed by atoms with Crippen LogP contribution in [0.2, 0.25) is 0 Å². The molecule has 4 aromatic rings. The van der Waals surface area contributed by atoms with E-state index in [1.165, 1.54) is 6.07 Å². The van der Waals surface area contributed by atoms with Crippen molar-refractivity contribution in [2.24, 2.45) is 0 Å². The van der Waals surface area contributed by atoms with Crippen molar-refractivity contribution in [1.82, 2.24) is 24.5 Å². The highest BCUT2D eigenvalue weighted by molar-refractivity contribution is 9.10. The van der Waals surface area contributed by atoms with E-state index in [0.29, 0.717) is 11.3 Å². The second-order valence-electron chi connectivity index (χ2n) is 5.55. The Labute approximate surface area is 156 Å². The molecule has 9 heteroatoms. The second kappa shape index (κ2) is 6.34. The second-order valence-corrected chi connectivity index (χ2v) is 6.47. The fourth-order valence-corrected chi connectivity index (χ4v) is 2.90. The third kappa shape index (κ3) is 2.97. The highest BCUT2D eigenvalue weighted by atomic mass is 79.9. The molecule has 26 heavy (non-hydrogen) atoms. The van der Waals surface area contributed by atoms with E-state index >= 15 is 0 Å². The number of nitrogen functional groups attached to an aromatic ring is 1. The molecule has 0 unspecified atom stereocenters. The van der Waals surface area contributed by atoms with Crippen molar-refractivity contribution in [2.45, 2.75) is 6.92 Å². The van der Waals surface area contributed by atoms with E-state index in [1.54, 1.807) is 23.6 Å². The molecule has 7 nitrogen and oxygen atoms in total. The average Bonchev–Trinajstić information content (AvgIpc) is 2.94. The molecule has 0 spiro atoms. The van der Waals surface area contributed by atoms with Gasteiger partial charge in [-0.2, -0.15) is 15.0 Å². The minimum Gasteiger partial charge on any atom is -0.368 e. The van der Waals surface area contributed by atoms with Gasteiger partial charge in [0.05, 0.1) is 5.52 Å². The van der Waals surface area contributed by atoms with E-state index in [2.05, 4.69) is 41.2 Å². The number of nitrogens with two attached hydrogens (primary N) is 1. The van der Waals surface area contributed by atoms with Crippen molar-refractivity contribution in [3.63, 3.8) is 0 Å². The standard InChI is InChI=1S/C17H13BrFN7/c1-9-21-14-12(19)3-2-4-13(14)26(9)17-24-15(20)23-16(25-17)22-11-7-5-10(18)6-8-11/h2-8H,1H3,(H3,20,22,23,24,25). The third-order valence-corrected chi connectivity index (χ3v) is 4.27. The lowest BCUT2D eigenvalue weighted by Gasteiger charge is -2.09. The summed E-state index contributed by atoms with van der Waals surface area (Å²) in [5.41, 5.74) is 7.46. The van der Waals surface area contributed by atoms with Crippen LogP contribution >= 0.6 is 15.9 Å². The lowest BCUT2D eigenvalue weighted by atomic mass is 10.3. The molecule has 0 atom stereocenters. The van der Waals surface area contributed by atoms with Gasteiger partial charge < -0.3 is 11.1 Å². The van der Waals surface area contributed by atoms with Crippen LogP contribution in [0.3, 0.4) is 0 Å². The molecule has 0 aliphatic carbocycles. The Kier molecular flexibility index (Phi) is 4.00. The minimum absolute atomic E-state index is 0.0484. The van der Waals surface area contributed by atoms with Crippen molar-refractivity contribution < 1.29 is 4.39 Å². The van der Waals surface area contributed by atoms with Gasteiger partial charge in [-0.1, -0.05) is 22.0 Å². The zero-order valence-corrected chi connectivity index (χ0v) is 15.2. The molecule has 2 heterocycles. The average molecular weight is 414 g/mol. The van der Waals surface area contributed by atoms with Gasteiger partial charge in [0.2, 0.25) is 17.8 Å². The van der Waals surface area contributed by atoms with Crippen LogP contribution < -0.4 is 11.1 Å². The van der Waals surface area contributed by atoms with Crippen LogP contribution in [0, 0.1) is 12.7 Å². The number of aryl methyl sites for hydroxylation is 1. The monoisotopic (exact) mass is 413 g/mol. The molecule has 0 saturated heterocycles. The van der Waals surface area contributed by atoms with Crippen molar-refractivity contribution >= 4 is 44.5 Å². The van der Waals surface area contributed by atoms with E-state index in [0.717, 1.165) is 10.2 Å². The van der Waals surface area contributed by atoms with E-state index < -0.39 is 5.82 Å². The van der Waals surface area contributed by atoms with Crippen LogP contribution in [0.1, 0.15) is 5.82 Å². The maximum absolute atomic E-state index is 14.0. The maximum atomic E-state index is 14.0. The summed E-state index contributed by atoms with van der Waals surface area (Å²) in [5, 5.41) is 3.08. The largest absolute Gasteiger partial charge is 0.368 e. The first kappa shape index (κ1) is 16.4. The van der Waals surface area contributed by atoms with Crippen LogP contribution in [0.5, 0.6) is 0 Å². The van der Waals surface area contributed by atoms with Gasteiger partial charge in [0, 0.05) is 10.2 Å². The fraction of sp³-hybridized carbons (Fsp3) is 0.0588. The van der Waals surface area contributed by atoms with Crippen LogP contribution in [0.4, 0.5) is 22.0 Å². The number of nitrogens with zero attached hydrogens (tertiary/aromatic N) is 5. The van der Waals surface area contributed by atoms with Crippen molar-refractivity contribution in [1.29, 1.82) is 0 Å². The number of anilines is 3. The predicted octanol–water partition coefficient (Wildman–Crippen LogP) is 3.75. The molecule has 2 aromatic carbocycles. The number of hydrogen-bond donors (Lipinski definition) is 2. The molecule has 4 rings (SSSR count). The summed E-state index contributed by atoms with van der Waals surface area (Å²) < 4.78 is 16.6. The first-order valence-electron chi connectivity index (χ1n) is 7.69. The van der Waals surface area contributed by atoms with Crippen LogP contribution in [0.15, 0.2) is 46.9 Å². The lowest BCUT2D eigenvalue weighted by Crippen LogP contribution is -2.10. The van der Waals surface area contributed by atoms with Crippen molar-refractivity contribution in [3.05, 3.63) is 58.6 Å². The summed E-state index contributed by atoms with van der Waals surface area (Å²) in [6.45, 7) is 1.75. The molecule has 0 radical (unpaired) electrons. The number of benzene rings is 2. The third-order valence-electron chi connectivity index (χ3n) is 3.74. The highest BCUT2D eigenvalue weighted by Crippen LogP contribution is 2.23. The predicted molar refractivity (Wildman–Crippen MR) is 101 cm³/mol. The number of hydrogen-bond acceptors (Lipinski definition) is 6. The Balaban J connectivity index is 1.81. The number of para-hydroxylation sites is 1. The SMILES string of the molecule is Cc1nc2c(F)cccc2n1-c1nc(N)nc(Nc2ccc(Br)cc2)n1. The molecule has 130 valence electrons. The minimum atomic E-state index is -0.403. The summed E-state index contributed by atoms with van der Waals surface area (Å²) in [4.78, 5) is 17.0. The van der Waals surface area contributed by atoms with Gasteiger partial charge in [-0.25, -0.2) is 9.37 Å². The Hall–Kier alpha value is -3.07. The zero-order chi connectivity index (χ0) is 18.3. The number of aromatic nitrogens is 5. The van der Waals surface area contributed by atoms with Gasteiger partial charge in [-0.3, -0.25) is 4.57 Å². The van der Waals surface area contributed by atoms with Gasteiger partial charge in [-0.15, -0.1) is 0 Å². The normalized spacial score (nSPS) is 11.0. The zero-order valence-electron chi connectivity index (χ0n) is 13.6. The Morgan fingerprint density at radius 1 is 1.04 bits per heavy atom. The van der Waals surface area contributed by atoms with Crippen LogP contribution in [-0.2, 0) is 0 Å². The molecule has 0 aliphatic heterocycles. The number of nitrogens with one attached hydrogen (secondary N) is 1. The molecule has 0 amide bonds. The molecule has 0 aliphatic rings. The van der Waals surface area contributed by atoms with E-state index in [4.69, 9.17) is 5.73 Å². The van der Waals surface area contributed by atoms with Crippen molar-refractivity contribution in [3.8, 4) is 5.95 Å². The van der Waals surface area contributed by atoms with Gasteiger partial charge >= 0.3 is 0 Å². The molecule has 0 bridgehead atoms. The number of imidazole rings is 1. The molecule has 0 saturated carbocycles. The summed E-state index contributed by atoms with van der Waals surface area (Å²) >= 11 is 3.39. The first-order valence-corrected chi connectivity index (χ1v) is 8.48. The number of halogens is 2. The number of rotatable bonds is 3. The van der Waals surface area contributed by atoms with E-state index in [1.807, 2.05) is 24.3 Å². The van der Waals surface area contributed by atoms with Crippen LogP contribution in [-0.4, -0.2) is 24.5 Å². The summed E-state index contributed by atoms with van der Waals surface area (Å²) in [7, 11) is 0. The first-order chi connectivity index (χ1) is 12.5. The summed E-state index contributed by atoms with van der Waals surface area (Å²) in [5.74, 6) is 0.743. The quantitative estimate of drug-likeness (QED) is 0.531. The molecule has 3 N–H and O–H groups in total. The summed E-state index contributed by atoms with van der Waals surface area (Å²) in [6.07, 6.45) is 0. The topological polar surface area (TPSA) is 94.5 Å². The molecular formula is C17H13BrFN7. The van der Waals surface area contributed by atoms with Crippen LogP contribution in [0.25, 0.3) is 17.0 Å². The van der Waals surface area contributed by atoms with Gasteiger partial charge in [0.1, 0.15) is 11.3 Å². The smallest absolute Gasteiger partial charge is 0.242 e. The van der Waals surface area contributed by atoms with Gasteiger partial charge in [0.15, 0.2) is 5.82 Å². The highest BCUT2D eigenvalue weighted by Gasteiger charge is 2.16. The lowest BCUT2D eigenvalue weighted by molar-refractivity contribution is 0.637. The Bertz CT molecular complexity index is 1110. The molecule has 2 aromatic heterocycles. The van der Waals surface area contributed by atoms with E-state index in [-0.39, 0.29) is 23.4 Å².